The van der Waals surface area contributed by atoms with Gasteiger partial charge in [0.15, 0.2) is 23.0 Å². The maximum Gasteiger partial charge on any atom is 0.419 e. The van der Waals surface area contributed by atoms with Crippen molar-refractivity contribution in [2.75, 3.05) is 5.32 Å². The highest BCUT2D eigenvalue weighted by Crippen LogP contribution is 2.42. The third-order valence-corrected chi connectivity index (χ3v) is 6.39. The molecule has 1 fully saturated rings. The summed E-state index contributed by atoms with van der Waals surface area (Å²) in [6, 6.07) is 10.3. The molecule has 0 amide bonds. The van der Waals surface area contributed by atoms with Gasteiger partial charge in [0.2, 0.25) is 5.95 Å². The molecule has 2 N–H and O–H groups in total. The molecular formula is C24H20F5N5O. The molecule has 11 heteroatoms. The summed E-state index contributed by atoms with van der Waals surface area (Å²) in [5, 5.41) is 17.3. The Morgan fingerprint density at radius 3 is 2.46 bits per heavy atom. The molecule has 4 aromatic rings. The van der Waals surface area contributed by atoms with Gasteiger partial charge in [-0.25, -0.2) is 18.4 Å². The Balaban J connectivity index is 1.53. The van der Waals surface area contributed by atoms with Gasteiger partial charge in [-0.2, -0.15) is 23.3 Å². The number of hydrogen-bond donors (Lipinski definition) is 2. The zero-order valence-electron chi connectivity index (χ0n) is 18.5. The number of hydrogen-bond acceptors (Lipinski definition) is 5. The lowest BCUT2D eigenvalue weighted by Gasteiger charge is -2.43. The second-order valence-electron chi connectivity index (χ2n) is 8.77. The van der Waals surface area contributed by atoms with Crippen LogP contribution >= 0.6 is 0 Å². The van der Waals surface area contributed by atoms with Crippen molar-refractivity contribution >= 4 is 17.0 Å². The number of alkyl halides is 3. The third-order valence-electron chi connectivity index (χ3n) is 6.39. The van der Waals surface area contributed by atoms with Crippen LogP contribution in [0.2, 0.25) is 0 Å². The Labute approximate surface area is 196 Å². The first-order valence-corrected chi connectivity index (χ1v) is 10.9. The molecule has 2 aromatic heterocycles. The fourth-order valence-corrected chi connectivity index (χ4v) is 4.47. The number of anilines is 1. The van der Waals surface area contributed by atoms with Crippen LogP contribution in [0, 0.1) is 11.6 Å². The number of phenols is 1. The second kappa shape index (κ2) is 8.17. The number of aromatic hydroxyl groups is 1. The van der Waals surface area contributed by atoms with Crippen molar-refractivity contribution in [3.8, 4) is 17.0 Å². The van der Waals surface area contributed by atoms with Gasteiger partial charge in [0, 0.05) is 24.3 Å². The molecular weight excluding hydrogens is 469 g/mol. The molecule has 0 aliphatic heterocycles. The van der Waals surface area contributed by atoms with Crippen LogP contribution in [-0.2, 0) is 19.6 Å². The topological polar surface area (TPSA) is 75.9 Å². The lowest BCUT2D eigenvalue weighted by atomic mass is 9.73. The molecule has 2 heterocycles. The lowest BCUT2D eigenvalue weighted by Crippen LogP contribution is -2.47. The van der Waals surface area contributed by atoms with Crippen LogP contribution in [0.1, 0.15) is 30.4 Å². The highest BCUT2D eigenvalue weighted by molar-refractivity contribution is 5.91. The summed E-state index contributed by atoms with van der Waals surface area (Å²) in [7, 11) is 1.50. The molecule has 1 aliphatic carbocycles. The number of phenolic OH excluding ortho intramolecular Hbond substituents is 1. The smallest absolute Gasteiger partial charge is 0.419 e. The van der Waals surface area contributed by atoms with Crippen molar-refractivity contribution in [3.05, 3.63) is 65.4 Å². The average Bonchev–Trinajstić information content (AvgIpc) is 3.11. The average molecular weight is 489 g/mol. The van der Waals surface area contributed by atoms with Gasteiger partial charge in [-0.15, -0.1) is 0 Å². The highest BCUT2D eigenvalue weighted by Gasteiger charge is 2.39. The number of fused-ring (bicyclic) bond motifs is 1. The predicted molar refractivity (Wildman–Crippen MR) is 119 cm³/mol. The van der Waals surface area contributed by atoms with Gasteiger partial charge in [0.1, 0.15) is 5.69 Å². The van der Waals surface area contributed by atoms with Gasteiger partial charge >= 0.3 is 6.18 Å². The first kappa shape index (κ1) is 23.0. The van der Waals surface area contributed by atoms with E-state index >= 15 is 0 Å². The molecule has 6 nitrogen and oxygen atoms in total. The zero-order valence-corrected chi connectivity index (χ0v) is 18.5. The highest BCUT2D eigenvalue weighted by atomic mass is 19.4. The van der Waals surface area contributed by atoms with Crippen LogP contribution in [0.5, 0.6) is 5.75 Å². The van der Waals surface area contributed by atoms with E-state index in [9.17, 15) is 27.1 Å². The molecule has 1 aliphatic rings. The third kappa shape index (κ3) is 4.04. The Kier molecular flexibility index (Phi) is 5.37. The first-order valence-electron chi connectivity index (χ1n) is 10.9. The van der Waals surface area contributed by atoms with Gasteiger partial charge in [-0.05, 0) is 37.3 Å². The van der Waals surface area contributed by atoms with Crippen molar-refractivity contribution < 1.29 is 27.1 Å². The lowest BCUT2D eigenvalue weighted by molar-refractivity contribution is -0.140. The quantitative estimate of drug-likeness (QED) is 0.357. The summed E-state index contributed by atoms with van der Waals surface area (Å²) >= 11 is 0. The van der Waals surface area contributed by atoms with Gasteiger partial charge in [0.25, 0.3) is 0 Å². The number of nitrogens with zero attached hydrogens (tertiary/aromatic N) is 4. The maximum absolute atomic E-state index is 14.7. The first-order chi connectivity index (χ1) is 16.6. The minimum atomic E-state index is -5.14. The van der Waals surface area contributed by atoms with E-state index in [1.807, 2.05) is 30.3 Å². The van der Waals surface area contributed by atoms with E-state index < -0.39 is 34.7 Å². The zero-order chi connectivity index (χ0) is 25.0. The number of aryl methyl sites for hydroxylation is 1. The minimum absolute atomic E-state index is 0.154. The van der Waals surface area contributed by atoms with Crippen molar-refractivity contribution in [3.63, 3.8) is 0 Å². The number of nitrogens with one attached hydrogen (secondary N) is 1. The van der Waals surface area contributed by atoms with Crippen LogP contribution in [0.15, 0.2) is 42.6 Å². The Morgan fingerprint density at radius 2 is 1.83 bits per heavy atom. The number of rotatable bonds is 5. The van der Waals surface area contributed by atoms with Gasteiger partial charge in [-0.3, -0.25) is 0 Å². The molecule has 0 radical (unpaired) electrons. The summed E-state index contributed by atoms with van der Waals surface area (Å²) < 4.78 is 69.6. The molecule has 35 heavy (non-hydrogen) atoms. The van der Waals surface area contributed by atoms with Crippen molar-refractivity contribution in [2.24, 2.45) is 7.05 Å². The Bertz CT molecular complexity index is 1410. The molecule has 5 rings (SSSR count). The fraction of sp³-hybridized carbons (Fsp3) is 0.292. The molecule has 0 saturated heterocycles. The summed E-state index contributed by atoms with van der Waals surface area (Å²) in [4.78, 5) is 8.77. The van der Waals surface area contributed by atoms with Crippen LogP contribution < -0.4 is 5.32 Å². The molecule has 0 bridgehead atoms. The Hall–Kier alpha value is -3.76. The maximum atomic E-state index is 14.7. The van der Waals surface area contributed by atoms with Crippen LogP contribution in [0.4, 0.5) is 27.9 Å². The summed E-state index contributed by atoms with van der Waals surface area (Å²) in [6.07, 6.45) is -0.160. The van der Waals surface area contributed by atoms with Crippen LogP contribution in [-0.4, -0.2) is 30.4 Å². The van der Waals surface area contributed by atoms with E-state index in [1.165, 1.54) is 17.9 Å². The summed E-state index contributed by atoms with van der Waals surface area (Å²) in [5.74, 6) is -5.04. The van der Waals surface area contributed by atoms with Gasteiger partial charge in [0.05, 0.1) is 10.9 Å². The normalized spacial score (nSPS) is 15.3. The SMILES string of the molecule is Cn1nc(-c2cc(C(F)(F)F)c(F)c(O)c2F)c2cnc(NC3(Cc4ccccc4)CCC3)nc21. The molecule has 0 atom stereocenters. The molecule has 0 spiro atoms. The van der Waals surface area contributed by atoms with E-state index in [4.69, 9.17) is 0 Å². The van der Waals surface area contributed by atoms with E-state index in [0.717, 1.165) is 31.2 Å². The fourth-order valence-electron chi connectivity index (χ4n) is 4.47. The van der Waals surface area contributed by atoms with E-state index in [1.54, 1.807) is 0 Å². The number of halogens is 5. The van der Waals surface area contributed by atoms with Gasteiger partial charge in [-0.1, -0.05) is 30.3 Å². The number of aromatic nitrogens is 4. The van der Waals surface area contributed by atoms with Crippen molar-refractivity contribution in [1.29, 1.82) is 0 Å². The molecule has 1 saturated carbocycles. The van der Waals surface area contributed by atoms with E-state index in [-0.39, 0.29) is 22.3 Å². The monoisotopic (exact) mass is 489 g/mol. The van der Waals surface area contributed by atoms with Crippen molar-refractivity contribution in [1.82, 2.24) is 19.7 Å². The second-order valence-corrected chi connectivity index (χ2v) is 8.77. The van der Waals surface area contributed by atoms with Crippen LogP contribution in [0.25, 0.3) is 22.3 Å². The summed E-state index contributed by atoms with van der Waals surface area (Å²) in [6.45, 7) is 0. The van der Waals surface area contributed by atoms with Crippen molar-refractivity contribution in [2.45, 2.75) is 37.4 Å². The van der Waals surface area contributed by atoms with Crippen LogP contribution in [0.3, 0.4) is 0 Å². The molecule has 182 valence electrons. The van der Waals surface area contributed by atoms with E-state index in [0.29, 0.717) is 12.0 Å². The molecule has 0 unspecified atom stereocenters. The van der Waals surface area contributed by atoms with Gasteiger partial charge < -0.3 is 10.4 Å². The standard InChI is InChI=1S/C24H20F5N5O/c1-34-21-15(19(33-34)14-10-16(24(27,28)29)18(26)20(35)17(14)25)12-30-22(31-21)32-23(8-5-9-23)11-13-6-3-2-4-7-13/h2-4,6-7,10,12,35H,5,8-9,11H2,1H3,(H,30,31,32). The van der Waals surface area contributed by atoms with E-state index in [2.05, 4.69) is 20.4 Å². The predicted octanol–water partition coefficient (Wildman–Crippen LogP) is 5.61. The largest absolute Gasteiger partial charge is 0.503 e. The summed E-state index contributed by atoms with van der Waals surface area (Å²) in [5.41, 5.74) is -1.57. The molecule has 2 aromatic carbocycles. The Morgan fingerprint density at radius 1 is 1.11 bits per heavy atom. The number of benzene rings is 2. The minimum Gasteiger partial charge on any atom is -0.503 e.